The standard InChI is InChI=1S/C27H24N2O3S/c1-16-13-22(17(2)29(16)3)24(30)15-32-27(31)25-20-8-4-5-9-23(20)28-26-18(10-11-21(25)26)14-19-7-6-12-33-19/h4-9,12-14H,10-11,15H2,1-3H3. The zero-order chi connectivity index (χ0) is 23.1. The summed E-state index contributed by atoms with van der Waals surface area (Å²) in [4.78, 5) is 32.1. The zero-order valence-corrected chi connectivity index (χ0v) is 19.7. The summed E-state index contributed by atoms with van der Waals surface area (Å²) < 4.78 is 7.54. The minimum atomic E-state index is -0.471. The summed E-state index contributed by atoms with van der Waals surface area (Å²) in [6.07, 6.45) is 3.69. The van der Waals surface area contributed by atoms with Gasteiger partial charge in [-0.25, -0.2) is 9.78 Å². The lowest BCUT2D eigenvalue weighted by atomic mass is 10.0. The molecule has 1 aromatic carbocycles. The molecule has 0 saturated carbocycles. The lowest BCUT2D eigenvalue weighted by molar-refractivity contribution is 0.0475. The van der Waals surface area contributed by atoms with Crippen LogP contribution in [0.4, 0.5) is 0 Å². The molecule has 0 spiro atoms. The summed E-state index contributed by atoms with van der Waals surface area (Å²) in [7, 11) is 1.92. The number of hydrogen-bond donors (Lipinski definition) is 0. The summed E-state index contributed by atoms with van der Waals surface area (Å²) in [6, 6.07) is 13.6. The highest BCUT2D eigenvalue weighted by Crippen LogP contribution is 2.38. The first kappa shape index (κ1) is 21.3. The molecule has 1 aliphatic carbocycles. The number of ether oxygens (including phenoxy) is 1. The van der Waals surface area contributed by atoms with Gasteiger partial charge in [0, 0.05) is 34.3 Å². The number of aryl methyl sites for hydroxylation is 1. The van der Waals surface area contributed by atoms with E-state index in [4.69, 9.17) is 9.72 Å². The molecule has 1 aliphatic rings. The minimum Gasteiger partial charge on any atom is -0.454 e. The maximum Gasteiger partial charge on any atom is 0.339 e. The number of hydrogen-bond acceptors (Lipinski definition) is 5. The van der Waals surface area contributed by atoms with Gasteiger partial charge in [-0.1, -0.05) is 24.3 Å². The van der Waals surface area contributed by atoms with Gasteiger partial charge in [-0.3, -0.25) is 4.79 Å². The topological polar surface area (TPSA) is 61.2 Å². The number of Topliss-reactive ketones (excluding diaryl/α,β-unsaturated/α-hetero) is 1. The van der Waals surface area contributed by atoms with Gasteiger partial charge in [-0.2, -0.15) is 0 Å². The highest BCUT2D eigenvalue weighted by molar-refractivity contribution is 7.10. The molecule has 0 radical (unpaired) electrons. The monoisotopic (exact) mass is 456 g/mol. The van der Waals surface area contributed by atoms with Crippen molar-refractivity contribution in [3.63, 3.8) is 0 Å². The number of para-hydroxylation sites is 1. The van der Waals surface area contributed by atoms with Gasteiger partial charge < -0.3 is 9.30 Å². The zero-order valence-electron chi connectivity index (χ0n) is 18.8. The number of esters is 1. The third-order valence-corrected chi connectivity index (χ3v) is 7.23. The van der Waals surface area contributed by atoms with Gasteiger partial charge in [0.15, 0.2) is 6.61 Å². The first-order valence-corrected chi connectivity index (χ1v) is 11.8. The van der Waals surface area contributed by atoms with Gasteiger partial charge in [0.2, 0.25) is 5.78 Å². The Hall–Kier alpha value is -3.51. The van der Waals surface area contributed by atoms with Crippen LogP contribution in [-0.4, -0.2) is 27.9 Å². The number of benzene rings is 1. The highest BCUT2D eigenvalue weighted by Gasteiger charge is 2.28. The van der Waals surface area contributed by atoms with Crippen molar-refractivity contribution < 1.29 is 14.3 Å². The number of rotatable bonds is 5. The summed E-state index contributed by atoms with van der Waals surface area (Å²) in [5.41, 5.74) is 6.61. The van der Waals surface area contributed by atoms with Crippen LogP contribution in [-0.2, 0) is 18.2 Å². The molecule has 0 aliphatic heterocycles. The Morgan fingerprint density at radius 3 is 2.70 bits per heavy atom. The Balaban J connectivity index is 1.49. The van der Waals surface area contributed by atoms with Gasteiger partial charge in [0.25, 0.3) is 0 Å². The maximum atomic E-state index is 13.3. The van der Waals surface area contributed by atoms with Crippen molar-refractivity contribution in [3.05, 3.63) is 86.5 Å². The molecule has 5 nitrogen and oxygen atoms in total. The van der Waals surface area contributed by atoms with E-state index in [0.29, 0.717) is 11.1 Å². The normalized spacial score (nSPS) is 14.1. The molecular weight excluding hydrogens is 432 g/mol. The van der Waals surface area contributed by atoms with Gasteiger partial charge >= 0.3 is 5.97 Å². The molecule has 3 heterocycles. The molecule has 33 heavy (non-hydrogen) atoms. The predicted molar refractivity (Wildman–Crippen MR) is 132 cm³/mol. The minimum absolute atomic E-state index is 0.196. The summed E-state index contributed by atoms with van der Waals surface area (Å²) >= 11 is 1.68. The van der Waals surface area contributed by atoms with Crippen molar-refractivity contribution in [2.45, 2.75) is 26.7 Å². The van der Waals surface area contributed by atoms with E-state index in [9.17, 15) is 9.59 Å². The third kappa shape index (κ3) is 3.80. The first-order valence-electron chi connectivity index (χ1n) is 10.9. The molecule has 3 aromatic heterocycles. The van der Waals surface area contributed by atoms with Crippen LogP contribution in [0.2, 0.25) is 0 Å². The fourth-order valence-electron chi connectivity index (χ4n) is 4.48. The molecule has 0 atom stereocenters. The second-order valence-electron chi connectivity index (χ2n) is 8.36. The predicted octanol–water partition coefficient (Wildman–Crippen LogP) is 5.78. The number of carbonyl (C=O) groups is 2. The van der Waals surface area contributed by atoms with Crippen molar-refractivity contribution in [2.75, 3.05) is 6.61 Å². The van der Waals surface area contributed by atoms with Crippen molar-refractivity contribution >= 4 is 45.6 Å². The number of allylic oxidation sites excluding steroid dienone is 1. The molecule has 6 heteroatoms. The Labute approximate surface area is 196 Å². The molecule has 0 amide bonds. The van der Waals surface area contributed by atoms with Crippen molar-refractivity contribution in [1.29, 1.82) is 0 Å². The van der Waals surface area contributed by atoms with Crippen molar-refractivity contribution in [1.82, 2.24) is 9.55 Å². The molecule has 4 aromatic rings. The first-order chi connectivity index (χ1) is 15.9. The van der Waals surface area contributed by atoms with E-state index < -0.39 is 5.97 Å². The summed E-state index contributed by atoms with van der Waals surface area (Å²) in [6.45, 7) is 3.56. The lowest BCUT2D eigenvalue weighted by Crippen LogP contribution is -2.17. The van der Waals surface area contributed by atoms with Crippen LogP contribution in [0.5, 0.6) is 0 Å². The Morgan fingerprint density at radius 1 is 1.15 bits per heavy atom. The average Bonchev–Trinajstić information content (AvgIpc) is 3.53. The number of carbonyl (C=O) groups excluding carboxylic acids is 2. The number of pyridine rings is 1. The molecule has 0 bridgehead atoms. The fourth-order valence-corrected chi connectivity index (χ4v) is 5.16. The van der Waals surface area contributed by atoms with Gasteiger partial charge in [-0.05, 0) is 67.5 Å². The molecule has 0 unspecified atom stereocenters. The Bertz CT molecular complexity index is 1430. The van der Waals surface area contributed by atoms with Crippen molar-refractivity contribution in [2.24, 2.45) is 7.05 Å². The Kier molecular flexibility index (Phi) is 5.46. The van der Waals surface area contributed by atoms with E-state index in [-0.39, 0.29) is 12.4 Å². The highest BCUT2D eigenvalue weighted by atomic mass is 32.1. The van der Waals surface area contributed by atoms with E-state index in [2.05, 4.69) is 12.1 Å². The van der Waals surface area contributed by atoms with Crippen LogP contribution in [0.25, 0.3) is 22.6 Å². The third-order valence-electron chi connectivity index (χ3n) is 6.42. The lowest BCUT2D eigenvalue weighted by Gasteiger charge is -2.12. The van der Waals surface area contributed by atoms with Crippen LogP contribution in [0, 0.1) is 13.8 Å². The van der Waals surface area contributed by atoms with E-state index in [1.807, 2.05) is 67.2 Å². The van der Waals surface area contributed by atoms with Crippen LogP contribution >= 0.6 is 11.3 Å². The number of thiophene rings is 1. The van der Waals surface area contributed by atoms with E-state index in [1.165, 1.54) is 0 Å². The molecular formula is C27H24N2O3S. The molecule has 0 N–H and O–H groups in total. The molecule has 0 fully saturated rings. The molecule has 0 saturated heterocycles. The quantitative estimate of drug-likeness (QED) is 0.282. The second kappa shape index (κ2) is 8.45. The maximum absolute atomic E-state index is 13.3. The van der Waals surface area contributed by atoms with Crippen LogP contribution in [0.1, 0.15) is 54.7 Å². The summed E-state index contributed by atoms with van der Waals surface area (Å²) in [5.74, 6) is -0.668. The fraction of sp³-hybridized carbons (Fsp3) is 0.222. The van der Waals surface area contributed by atoms with Crippen molar-refractivity contribution in [3.8, 4) is 0 Å². The average molecular weight is 457 g/mol. The van der Waals surface area contributed by atoms with E-state index >= 15 is 0 Å². The molecule has 166 valence electrons. The largest absolute Gasteiger partial charge is 0.454 e. The van der Waals surface area contributed by atoms with E-state index in [0.717, 1.165) is 56.8 Å². The van der Waals surface area contributed by atoms with Crippen LogP contribution < -0.4 is 0 Å². The van der Waals surface area contributed by atoms with Gasteiger partial charge in [-0.15, -0.1) is 11.3 Å². The smallest absolute Gasteiger partial charge is 0.339 e. The second-order valence-corrected chi connectivity index (χ2v) is 9.34. The van der Waals surface area contributed by atoms with Crippen LogP contribution in [0.15, 0.2) is 47.8 Å². The Morgan fingerprint density at radius 2 is 1.97 bits per heavy atom. The number of nitrogens with zero attached hydrogens (tertiary/aromatic N) is 2. The van der Waals surface area contributed by atoms with Crippen LogP contribution in [0.3, 0.4) is 0 Å². The van der Waals surface area contributed by atoms with Gasteiger partial charge in [0.1, 0.15) is 0 Å². The number of ketones is 1. The SMILES string of the molecule is Cc1cc(C(=O)COC(=O)c2c3c(nc4ccccc24)C(=Cc2cccs2)CC3)c(C)n1C. The summed E-state index contributed by atoms with van der Waals surface area (Å²) in [5, 5.41) is 2.81. The molecule has 5 rings (SSSR count). The van der Waals surface area contributed by atoms with Gasteiger partial charge in [0.05, 0.1) is 16.8 Å². The number of aromatic nitrogens is 2. The van der Waals surface area contributed by atoms with E-state index in [1.54, 1.807) is 11.3 Å². The number of fused-ring (bicyclic) bond motifs is 2.